The number of carbonyl (C=O) groups is 1. The zero-order valence-corrected chi connectivity index (χ0v) is 11.9. The Kier molecular flexibility index (Phi) is 5.10. The Morgan fingerprint density at radius 3 is 2.24 bits per heavy atom. The number of carbonyl (C=O) groups excluding carboxylic acids is 1. The van der Waals surface area contributed by atoms with Crippen molar-refractivity contribution in [2.45, 2.75) is 19.3 Å². The highest BCUT2D eigenvalue weighted by Gasteiger charge is 2.20. The van der Waals surface area contributed by atoms with E-state index >= 15 is 0 Å². The first-order chi connectivity index (χ1) is 10.2. The SMILES string of the molecule is CC[C@@H](C(=O)O/N=C(/N)c1ccccc1)c1ccccc1. The number of nitrogens with two attached hydrogens (primary N) is 1. The molecule has 0 aliphatic heterocycles. The number of hydrogen-bond donors (Lipinski definition) is 1. The van der Waals surface area contributed by atoms with E-state index in [4.69, 9.17) is 10.6 Å². The summed E-state index contributed by atoms with van der Waals surface area (Å²) in [7, 11) is 0. The van der Waals surface area contributed by atoms with E-state index in [1.807, 2.05) is 55.5 Å². The molecular formula is C17H18N2O2. The van der Waals surface area contributed by atoms with Crippen molar-refractivity contribution in [3.05, 3.63) is 71.8 Å². The normalized spacial score (nSPS) is 12.7. The van der Waals surface area contributed by atoms with Crippen LogP contribution < -0.4 is 5.73 Å². The van der Waals surface area contributed by atoms with Gasteiger partial charge in [0.1, 0.15) is 0 Å². The fourth-order valence-corrected chi connectivity index (χ4v) is 2.04. The smallest absolute Gasteiger partial charge is 0.342 e. The minimum Gasteiger partial charge on any atom is -0.380 e. The molecular weight excluding hydrogens is 264 g/mol. The van der Waals surface area contributed by atoms with Crippen LogP contribution in [-0.4, -0.2) is 11.8 Å². The summed E-state index contributed by atoms with van der Waals surface area (Å²) in [4.78, 5) is 17.1. The van der Waals surface area contributed by atoms with Crippen LogP contribution in [0.2, 0.25) is 0 Å². The Labute approximate surface area is 124 Å². The summed E-state index contributed by atoms with van der Waals surface area (Å²) >= 11 is 0. The lowest BCUT2D eigenvalue weighted by molar-refractivity contribution is -0.145. The van der Waals surface area contributed by atoms with Crippen molar-refractivity contribution in [2.75, 3.05) is 0 Å². The van der Waals surface area contributed by atoms with Crippen molar-refractivity contribution in [3.63, 3.8) is 0 Å². The molecule has 0 radical (unpaired) electrons. The number of amidine groups is 1. The lowest BCUT2D eigenvalue weighted by Gasteiger charge is -2.11. The van der Waals surface area contributed by atoms with Crippen LogP contribution in [0.4, 0.5) is 0 Å². The van der Waals surface area contributed by atoms with Gasteiger partial charge in [-0.15, -0.1) is 0 Å². The second-order valence-electron chi connectivity index (χ2n) is 4.62. The summed E-state index contributed by atoms with van der Waals surface area (Å²) in [5, 5.41) is 3.73. The van der Waals surface area contributed by atoms with E-state index in [1.165, 1.54) is 0 Å². The molecule has 2 aromatic rings. The Balaban J connectivity index is 2.07. The highest BCUT2D eigenvalue weighted by Crippen LogP contribution is 2.20. The molecule has 0 spiro atoms. The van der Waals surface area contributed by atoms with Crippen molar-refractivity contribution >= 4 is 11.8 Å². The summed E-state index contributed by atoms with van der Waals surface area (Å²) in [5.41, 5.74) is 7.43. The van der Waals surface area contributed by atoms with Crippen LogP contribution in [0.1, 0.15) is 30.4 Å². The van der Waals surface area contributed by atoms with Crippen LogP contribution in [0.25, 0.3) is 0 Å². The van der Waals surface area contributed by atoms with Crippen LogP contribution in [0.15, 0.2) is 65.8 Å². The molecule has 0 fully saturated rings. The molecule has 2 N–H and O–H groups in total. The molecule has 0 amide bonds. The molecule has 108 valence electrons. The lowest BCUT2D eigenvalue weighted by Crippen LogP contribution is -2.18. The van der Waals surface area contributed by atoms with Crippen LogP contribution in [0.3, 0.4) is 0 Å². The molecule has 0 aliphatic rings. The number of hydrogen-bond acceptors (Lipinski definition) is 3. The van der Waals surface area contributed by atoms with Crippen molar-refractivity contribution in [2.24, 2.45) is 10.9 Å². The quantitative estimate of drug-likeness (QED) is 0.397. The zero-order chi connectivity index (χ0) is 15.1. The largest absolute Gasteiger partial charge is 0.380 e. The molecule has 2 aromatic carbocycles. The highest BCUT2D eigenvalue weighted by atomic mass is 16.7. The first kappa shape index (κ1) is 14.8. The average Bonchev–Trinajstić information content (AvgIpc) is 2.55. The Hall–Kier alpha value is -2.62. The molecule has 0 aliphatic carbocycles. The highest BCUT2D eigenvalue weighted by molar-refractivity contribution is 5.97. The average molecular weight is 282 g/mol. The molecule has 0 aromatic heterocycles. The Morgan fingerprint density at radius 2 is 1.67 bits per heavy atom. The van der Waals surface area contributed by atoms with Gasteiger partial charge in [0.25, 0.3) is 0 Å². The summed E-state index contributed by atoms with van der Waals surface area (Å²) in [6.45, 7) is 1.93. The van der Waals surface area contributed by atoms with E-state index < -0.39 is 5.97 Å². The number of nitrogens with zero attached hydrogens (tertiary/aromatic N) is 1. The Bertz CT molecular complexity index is 609. The van der Waals surface area contributed by atoms with E-state index in [-0.39, 0.29) is 11.8 Å². The molecule has 0 unspecified atom stereocenters. The standard InChI is InChI=1S/C17H18N2O2/c1-2-15(13-9-5-3-6-10-13)17(20)21-19-16(18)14-11-7-4-8-12-14/h3-12,15H,2H2,1H3,(H2,18,19)/t15-/m1/s1. The van der Waals surface area contributed by atoms with E-state index in [9.17, 15) is 4.79 Å². The number of oxime groups is 1. The van der Waals surface area contributed by atoms with Gasteiger partial charge >= 0.3 is 5.97 Å². The lowest BCUT2D eigenvalue weighted by atomic mass is 9.97. The molecule has 0 bridgehead atoms. The van der Waals surface area contributed by atoms with E-state index in [0.29, 0.717) is 6.42 Å². The molecule has 4 nitrogen and oxygen atoms in total. The van der Waals surface area contributed by atoms with Crippen molar-refractivity contribution in [3.8, 4) is 0 Å². The van der Waals surface area contributed by atoms with E-state index in [2.05, 4.69) is 5.16 Å². The second-order valence-corrected chi connectivity index (χ2v) is 4.62. The Morgan fingerprint density at radius 1 is 1.10 bits per heavy atom. The summed E-state index contributed by atoms with van der Waals surface area (Å²) in [6, 6.07) is 18.7. The van der Waals surface area contributed by atoms with Crippen LogP contribution in [0.5, 0.6) is 0 Å². The maximum atomic E-state index is 12.1. The fourth-order valence-electron chi connectivity index (χ4n) is 2.04. The van der Waals surface area contributed by atoms with Crippen molar-refractivity contribution < 1.29 is 9.63 Å². The minimum absolute atomic E-state index is 0.187. The van der Waals surface area contributed by atoms with E-state index in [0.717, 1.165) is 11.1 Å². The van der Waals surface area contributed by atoms with Crippen LogP contribution in [0, 0.1) is 0 Å². The first-order valence-electron chi connectivity index (χ1n) is 6.87. The second kappa shape index (κ2) is 7.24. The van der Waals surface area contributed by atoms with Gasteiger partial charge < -0.3 is 10.6 Å². The maximum Gasteiger partial charge on any atom is 0.342 e. The minimum atomic E-state index is -0.400. The van der Waals surface area contributed by atoms with Gasteiger partial charge in [-0.2, -0.15) is 0 Å². The third-order valence-corrected chi connectivity index (χ3v) is 3.20. The van der Waals surface area contributed by atoms with Gasteiger partial charge in [-0.3, -0.25) is 0 Å². The molecule has 4 heteroatoms. The monoisotopic (exact) mass is 282 g/mol. The predicted octanol–water partition coefficient (Wildman–Crippen LogP) is 3.04. The molecule has 0 saturated carbocycles. The maximum absolute atomic E-state index is 12.1. The van der Waals surface area contributed by atoms with Crippen LogP contribution in [-0.2, 0) is 9.63 Å². The van der Waals surface area contributed by atoms with Gasteiger partial charge in [-0.25, -0.2) is 4.79 Å². The van der Waals surface area contributed by atoms with Gasteiger partial charge in [0.2, 0.25) is 0 Å². The first-order valence-corrected chi connectivity index (χ1v) is 6.87. The topological polar surface area (TPSA) is 64.7 Å². The van der Waals surface area contributed by atoms with Gasteiger partial charge in [-0.1, -0.05) is 72.7 Å². The summed E-state index contributed by atoms with van der Waals surface area (Å²) in [5.74, 6) is -0.548. The third kappa shape index (κ3) is 3.92. The molecule has 21 heavy (non-hydrogen) atoms. The number of rotatable bonds is 5. The summed E-state index contributed by atoms with van der Waals surface area (Å²) in [6.07, 6.45) is 0.642. The summed E-state index contributed by atoms with van der Waals surface area (Å²) < 4.78 is 0. The van der Waals surface area contributed by atoms with Gasteiger partial charge in [0.15, 0.2) is 5.84 Å². The van der Waals surface area contributed by atoms with Gasteiger partial charge in [-0.05, 0) is 12.0 Å². The van der Waals surface area contributed by atoms with Gasteiger partial charge in [0.05, 0.1) is 5.92 Å². The van der Waals surface area contributed by atoms with Crippen molar-refractivity contribution in [1.29, 1.82) is 0 Å². The molecule has 0 saturated heterocycles. The predicted molar refractivity (Wildman–Crippen MR) is 82.7 cm³/mol. The van der Waals surface area contributed by atoms with E-state index in [1.54, 1.807) is 12.1 Å². The van der Waals surface area contributed by atoms with Crippen molar-refractivity contribution in [1.82, 2.24) is 0 Å². The van der Waals surface area contributed by atoms with Crippen LogP contribution >= 0.6 is 0 Å². The zero-order valence-electron chi connectivity index (χ0n) is 11.9. The van der Waals surface area contributed by atoms with Gasteiger partial charge in [0, 0.05) is 5.56 Å². The third-order valence-electron chi connectivity index (χ3n) is 3.20. The molecule has 1 atom stereocenters. The molecule has 0 heterocycles. The number of benzene rings is 2. The fraction of sp³-hybridized carbons (Fsp3) is 0.176. The molecule has 2 rings (SSSR count).